The number of ether oxygens (including phenoxy) is 1. The molecule has 2 aliphatic rings. The zero-order valence-electron chi connectivity index (χ0n) is 16.5. The van der Waals surface area contributed by atoms with E-state index in [-0.39, 0.29) is 23.8 Å². The number of rotatable bonds is 6. The highest BCUT2D eigenvalue weighted by molar-refractivity contribution is 5.94. The molecule has 8 nitrogen and oxygen atoms in total. The molecule has 3 rings (SSSR count). The van der Waals surface area contributed by atoms with Gasteiger partial charge in [-0.05, 0) is 37.6 Å². The first-order valence-corrected chi connectivity index (χ1v) is 9.87. The number of urea groups is 1. The van der Waals surface area contributed by atoms with Crippen molar-refractivity contribution < 1.29 is 24.3 Å². The van der Waals surface area contributed by atoms with E-state index in [4.69, 9.17) is 4.74 Å². The van der Waals surface area contributed by atoms with Crippen LogP contribution in [0.15, 0.2) is 35.5 Å². The maximum Gasteiger partial charge on any atom is 0.338 e. The first-order chi connectivity index (χ1) is 13.5. The normalized spacial score (nSPS) is 20.6. The lowest BCUT2D eigenvalue weighted by molar-refractivity contribution is -0.896. The van der Waals surface area contributed by atoms with Gasteiger partial charge < -0.3 is 30.3 Å². The SMILES string of the molecule is CCOC(=O)C1=C(C[NH+]2CCN(c3ccc(O)cc3)CC2)NC(=O)N[C@H]1CC. The second-order valence-corrected chi connectivity index (χ2v) is 7.10. The number of nitrogens with zero attached hydrogens (tertiary/aromatic N) is 1. The highest BCUT2D eigenvalue weighted by Gasteiger charge is 2.34. The third-order valence-corrected chi connectivity index (χ3v) is 5.26. The van der Waals surface area contributed by atoms with Crippen LogP contribution in [0.1, 0.15) is 20.3 Å². The lowest BCUT2D eigenvalue weighted by Crippen LogP contribution is -3.15. The molecule has 0 unspecified atom stereocenters. The number of nitrogens with one attached hydrogen (secondary N) is 3. The third kappa shape index (κ3) is 4.56. The van der Waals surface area contributed by atoms with Crippen LogP contribution in [-0.2, 0) is 9.53 Å². The quantitative estimate of drug-likeness (QED) is 0.514. The van der Waals surface area contributed by atoms with Crippen molar-refractivity contribution in [2.45, 2.75) is 26.3 Å². The second-order valence-electron chi connectivity index (χ2n) is 7.10. The van der Waals surface area contributed by atoms with Crippen molar-refractivity contribution in [2.24, 2.45) is 0 Å². The van der Waals surface area contributed by atoms with Crippen LogP contribution in [0.3, 0.4) is 0 Å². The van der Waals surface area contributed by atoms with E-state index >= 15 is 0 Å². The summed E-state index contributed by atoms with van der Waals surface area (Å²) in [5.74, 6) is -0.0995. The van der Waals surface area contributed by atoms with Crippen molar-refractivity contribution >= 4 is 17.7 Å². The van der Waals surface area contributed by atoms with E-state index in [1.54, 1.807) is 19.1 Å². The van der Waals surface area contributed by atoms with E-state index in [9.17, 15) is 14.7 Å². The number of carbonyl (C=O) groups excluding carboxylic acids is 2. The van der Waals surface area contributed by atoms with Crippen LogP contribution in [0.5, 0.6) is 5.75 Å². The van der Waals surface area contributed by atoms with Gasteiger partial charge in [-0.25, -0.2) is 9.59 Å². The minimum absolute atomic E-state index is 0.263. The summed E-state index contributed by atoms with van der Waals surface area (Å²) in [5.41, 5.74) is 2.30. The van der Waals surface area contributed by atoms with Crippen LogP contribution < -0.4 is 20.4 Å². The number of phenols is 1. The standard InChI is InChI=1S/C20H28N4O4/c1-3-16-18(19(26)28-4-2)17(22-20(27)21-16)13-23-9-11-24(12-10-23)14-5-7-15(25)8-6-14/h5-8,16,25H,3-4,9-13H2,1-2H3,(H2,21,22,27)/p+1/t16-/m0/s1. The molecule has 0 aliphatic carbocycles. The third-order valence-electron chi connectivity index (χ3n) is 5.26. The summed E-state index contributed by atoms with van der Waals surface area (Å²) in [6.45, 7) is 8.12. The summed E-state index contributed by atoms with van der Waals surface area (Å²) < 4.78 is 5.23. The molecule has 2 amide bonds. The largest absolute Gasteiger partial charge is 0.508 e. The molecule has 1 atom stereocenters. The summed E-state index contributed by atoms with van der Waals surface area (Å²) >= 11 is 0. The molecule has 1 fully saturated rings. The molecule has 152 valence electrons. The number of benzene rings is 1. The lowest BCUT2D eigenvalue weighted by atomic mass is 10.00. The maximum atomic E-state index is 12.5. The predicted octanol–water partition coefficient (Wildman–Crippen LogP) is 0.00570. The van der Waals surface area contributed by atoms with Gasteiger partial charge in [0.1, 0.15) is 12.3 Å². The topological polar surface area (TPSA) is 95.3 Å². The number of anilines is 1. The minimum Gasteiger partial charge on any atom is -0.508 e. The summed E-state index contributed by atoms with van der Waals surface area (Å²) in [4.78, 5) is 28.1. The molecule has 28 heavy (non-hydrogen) atoms. The fourth-order valence-electron chi connectivity index (χ4n) is 3.77. The number of piperazine rings is 1. The van der Waals surface area contributed by atoms with E-state index in [1.807, 2.05) is 19.1 Å². The van der Waals surface area contributed by atoms with Crippen LogP contribution in [0.2, 0.25) is 0 Å². The fraction of sp³-hybridized carbons (Fsp3) is 0.500. The molecule has 1 saturated heterocycles. The Morgan fingerprint density at radius 1 is 1.25 bits per heavy atom. The van der Waals surface area contributed by atoms with Gasteiger partial charge in [0.2, 0.25) is 0 Å². The maximum absolute atomic E-state index is 12.5. The van der Waals surface area contributed by atoms with Gasteiger partial charge in [-0.2, -0.15) is 0 Å². The lowest BCUT2D eigenvalue weighted by Gasteiger charge is -2.35. The number of esters is 1. The molecule has 1 aromatic carbocycles. The minimum atomic E-state index is -0.362. The van der Waals surface area contributed by atoms with Gasteiger partial charge >= 0.3 is 12.0 Å². The highest BCUT2D eigenvalue weighted by Crippen LogP contribution is 2.19. The van der Waals surface area contributed by atoms with Gasteiger partial charge in [0.05, 0.1) is 50.1 Å². The zero-order chi connectivity index (χ0) is 20.1. The molecule has 0 bridgehead atoms. The van der Waals surface area contributed by atoms with Gasteiger partial charge in [-0.1, -0.05) is 6.92 Å². The Kier molecular flexibility index (Phi) is 6.41. The van der Waals surface area contributed by atoms with Crippen LogP contribution in [0.25, 0.3) is 0 Å². The first kappa shape index (κ1) is 20.0. The average Bonchev–Trinajstić information content (AvgIpc) is 2.69. The van der Waals surface area contributed by atoms with Crippen molar-refractivity contribution in [3.8, 4) is 5.75 Å². The molecule has 2 heterocycles. The monoisotopic (exact) mass is 389 g/mol. The second kappa shape index (κ2) is 8.97. The highest BCUT2D eigenvalue weighted by atomic mass is 16.5. The van der Waals surface area contributed by atoms with E-state index in [0.29, 0.717) is 30.8 Å². The Morgan fingerprint density at radius 2 is 1.93 bits per heavy atom. The molecular formula is C20H29N4O4+. The fourth-order valence-corrected chi connectivity index (χ4v) is 3.77. The Morgan fingerprint density at radius 3 is 2.54 bits per heavy atom. The van der Waals surface area contributed by atoms with Crippen molar-refractivity contribution in [3.63, 3.8) is 0 Å². The van der Waals surface area contributed by atoms with Crippen LogP contribution in [-0.4, -0.2) is 62.5 Å². The summed E-state index contributed by atoms with van der Waals surface area (Å²) in [6.07, 6.45) is 0.634. The van der Waals surface area contributed by atoms with Gasteiger partial charge in [-0.15, -0.1) is 0 Å². The molecule has 4 N–H and O–H groups in total. The summed E-state index contributed by atoms with van der Waals surface area (Å²) in [5, 5.41) is 15.1. The molecule has 0 aromatic heterocycles. The molecular weight excluding hydrogens is 360 g/mol. The number of carbonyl (C=O) groups is 2. The number of amides is 2. The van der Waals surface area contributed by atoms with E-state index in [0.717, 1.165) is 31.9 Å². The van der Waals surface area contributed by atoms with Crippen molar-refractivity contribution in [1.82, 2.24) is 10.6 Å². The van der Waals surface area contributed by atoms with Crippen LogP contribution in [0, 0.1) is 0 Å². The number of quaternary nitrogens is 1. The first-order valence-electron chi connectivity index (χ1n) is 9.87. The van der Waals surface area contributed by atoms with Crippen molar-refractivity contribution in [2.75, 3.05) is 44.2 Å². The van der Waals surface area contributed by atoms with Gasteiger partial charge in [0.25, 0.3) is 0 Å². The Labute approximate surface area is 165 Å². The van der Waals surface area contributed by atoms with Gasteiger partial charge in [-0.3, -0.25) is 0 Å². The Balaban J connectivity index is 1.69. The number of hydrogen-bond acceptors (Lipinski definition) is 5. The molecule has 1 aromatic rings. The van der Waals surface area contributed by atoms with Crippen molar-refractivity contribution in [3.05, 3.63) is 35.5 Å². The number of phenolic OH excluding ortho intramolecular Hbond substituents is 1. The number of hydrogen-bond donors (Lipinski definition) is 4. The summed E-state index contributed by atoms with van der Waals surface area (Å²) in [6, 6.07) is 6.64. The zero-order valence-corrected chi connectivity index (χ0v) is 16.5. The molecule has 2 aliphatic heterocycles. The van der Waals surface area contributed by atoms with E-state index in [2.05, 4.69) is 15.5 Å². The summed E-state index contributed by atoms with van der Waals surface area (Å²) in [7, 11) is 0. The molecule has 0 spiro atoms. The van der Waals surface area contributed by atoms with Gasteiger partial charge in [0.15, 0.2) is 0 Å². The smallest absolute Gasteiger partial charge is 0.338 e. The van der Waals surface area contributed by atoms with E-state index < -0.39 is 0 Å². The molecule has 0 saturated carbocycles. The van der Waals surface area contributed by atoms with Crippen molar-refractivity contribution in [1.29, 1.82) is 0 Å². The van der Waals surface area contributed by atoms with E-state index in [1.165, 1.54) is 4.90 Å². The molecule has 8 heteroatoms. The van der Waals surface area contributed by atoms with Gasteiger partial charge in [0, 0.05) is 5.69 Å². The Bertz CT molecular complexity index is 739. The van der Waals surface area contributed by atoms with Crippen LogP contribution >= 0.6 is 0 Å². The predicted molar refractivity (Wildman–Crippen MR) is 105 cm³/mol. The Hall–Kier alpha value is -2.74. The molecule has 0 radical (unpaired) electrons. The number of aromatic hydroxyl groups is 1. The van der Waals surface area contributed by atoms with Crippen LogP contribution in [0.4, 0.5) is 10.5 Å². The average molecular weight is 389 g/mol.